The van der Waals surface area contributed by atoms with Crippen LogP contribution in [0.4, 0.5) is 11.4 Å². The Morgan fingerprint density at radius 3 is 2.31 bits per heavy atom. The Labute approximate surface area is 168 Å². The Kier molecular flexibility index (Phi) is 8.93. The fraction of sp³-hybridized carbons (Fsp3) is 0.350. The second kappa shape index (κ2) is 10.4. The van der Waals surface area contributed by atoms with Crippen LogP contribution in [0.2, 0.25) is 0 Å². The number of amides is 1. The largest absolute Gasteiger partial charge is 0.370 e. The lowest BCUT2D eigenvalue weighted by molar-refractivity contribution is 0.102. The van der Waals surface area contributed by atoms with Crippen molar-refractivity contribution in [2.45, 2.75) is 38.3 Å². The summed E-state index contributed by atoms with van der Waals surface area (Å²) in [5, 5.41) is 3.06. The Hall–Kier alpha value is -1.75. The quantitative estimate of drug-likeness (QED) is 0.776. The summed E-state index contributed by atoms with van der Waals surface area (Å²) in [6.45, 7) is 0.483. The first-order chi connectivity index (χ1) is 11.7. The molecule has 1 aliphatic rings. The van der Waals surface area contributed by atoms with Gasteiger partial charge in [0.05, 0.1) is 11.4 Å². The second-order valence-corrected chi connectivity index (χ2v) is 6.42. The SMILES string of the molecule is CN(c1ccccc1NC(=O)c1ccc(CN)cc1)C1CCCC1.Cl.Cl. The average molecular weight is 396 g/mol. The average Bonchev–Trinajstić information content (AvgIpc) is 3.16. The van der Waals surface area contributed by atoms with Crippen LogP contribution in [0.3, 0.4) is 0 Å². The maximum absolute atomic E-state index is 12.5. The Morgan fingerprint density at radius 2 is 1.69 bits per heavy atom. The number of halogens is 2. The molecule has 1 fully saturated rings. The van der Waals surface area contributed by atoms with Gasteiger partial charge in [-0.2, -0.15) is 0 Å². The standard InChI is InChI=1S/C20H25N3O.2ClH/c1-23(17-6-2-3-7-17)19-9-5-4-8-18(19)22-20(24)16-12-10-15(14-21)11-13-16;;/h4-5,8-13,17H,2-3,6-7,14,21H2,1H3,(H,22,24);2*1H. The third kappa shape index (κ3) is 5.13. The third-order valence-corrected chi connectivity index (χ3v) is 4.86. The van der Waals surface area contributed by atoms with Gasteiger partial charge in [0.15, 0.2) is 0 Å². The highest BCUT2D eigenvalue weighted by Crippen LogP contribution is 2.32. The highest BCUT2D eigenvalue weighted by Gasteiger charge is 2.22. The molecule has 142 valence electrons. The molecule has 0 atom stereocenters. The van der Waals surface area contributed by atoms with Gasteiger partial charge in [-0.25, -0.2) is 0 Å². The predicted molar refractivity (Wildman–Crippen MR) is 114 cm³/mol. The summed E-state index contributed by atoms with van der Waals surface area (Å²) < 4.78 is 0. The number of para-hydroxylation sites is 2. The molecule has 0 bridgehead atoms. The number of rotatable bonds is 5. The normalized spacial score (nSPS) is 13.5. The van der Waals surface area contributed by atoms with Crippen LogP contribution in [0.1, 0.15) is 41.6 Å². The van der Waals surface area contributed by atoms with Crippen molar-refractivity contribution < 1.29 is 4.79 Å². The summed E-state index contributed by atoms with van der Waals surface area (Å²) in [5.74, 6) is -0.0918. The maximum Gasteiger partial charge on any atom is 0.255 e. The van der Waals surface area contributed by atoms with Crippen LogP contribution in [-0.2, 0) is 6.54 Å². The molecule has 0 saturated heterocycles. The number of benzene rings is 2. The predicted octanol–water partition coefficient (Wildman–Crippen LogP) is 4.62. The number of nitrogens with one attached hydrogen (secondary N) is 1. The summed E-state index contributed by atoms with van der Waals surface area (Å²) in [7, 11) is 2.12. The lowest BCUT2D eigenvalue weighted by Gasteiger charge is -2.28. The molecular weight excluding hydrogens is 369 g/mol. The van der Waals surface area contributed by atoms with Crippen LogP contribution in [0.15, 0.2) is 48.5 Å². The smallest absolute Gasteiger partial charge is 0.255 e. The summed E-state index contributed by atoms with van der Waals surface area (Å²) in [4.78, 5) is 14.9. The van der Waals surface area contributed by atoms with Gasteiger partial charge >= 0.3 is 0 Å². The van der Waals surface area contributed by atoms with Crippen molar-refractivity contribution in [2.24, 2.45) is 5.73 Å². The van der Waals surface area contributed by atoms with Crippen molar-refractivity contribution in [3.8, 4) is 0 Å². The molecule has 4 nitrogen and oxygen atoms in total. The van der Waals surface area contributed by atoms with Crippen LogP contribution in [0.25, 0.3) is 0 Å². The molecule has 1 saturated carbocycles. The molecule has 2 aromatic rings. The van der Waals surface area contributed by atoms with Gasteiger partial charge in [0, 0.05) is 25.2 Å². The molecule has 1 amide bonds. The number of hydrogen-bond donors (Lipinski definition) is 2. The van der Waals surface area contributed by atoms with Crippen molar-refractivity contribution in [1.82, 2.24) is 0 Å². The van der Waals surface area contributed by atoms with E-state index < -0.39 is 0 Å². The summed E-state index contributed by atoms with van der Waals surface area (Å²) in [5.41, 5.74) is 9.21. The van der Waals surface area contributed by atoms with E-state index in [4.69, 9.17) is 5.73 Å². The number of carbonyl (C=O) groups is 1. The van der Waals surface area contributed by atoms with E-state index in [1.165, 1.54) is 25.7 Å². The van der Waals surface area contributed by atoms with Gasteiger partial charge in [-0.1, -0.05) is 37.1 Å². The van der Waals surface area contributed by atoms with Crippen LogP contribution >= 0.6 is 24.8 Å². The van der Waals surface area contributed by atoms with E-state index in [0.717, 1.165) is 16.9 Å². The van der Waals surface area contributed by atoms with Crippen molar-refractivity contribution >= 4 is 42.1 Å². The lowest BCUT2D eigenvalue weighted by atomic mass is 10.1. The molecule has 0 aliphatic heterocycles. The molecule has 0 aromatic heterocycles. The minimum absolute atomic E-state index is 0. The van der Waals surface area contributed by atoms with Gasteiger partial charge in [-0.15, -0.1) is 24.8 Å². The fourth-order valence-corrected chi connectivity index (χ4v) is 3.36. The number of nitrogens with zero attached hydrogens (tertiary/aromatic N) is 1. The topological polar surface area (TPSA) is 58.4 Å². The zero-order chi connectivity index (χ0) is 16.9. The highest BCUT2D eigenvalue weighted by molar-refractivity contribution is 6.06. The van der Waals surface area contributed by atoms with Gasteiger partial charge < -0.3 is 16.0 Å². The first kappa shape index (κ1) is 22.3. The van der Waals surface area contributed by atoms with Crippen LogP contribution in [0, 0.1) is 0 Å². The minimum atomic E-state index is -0.0918. The lowest BCUT2D eigenvalue weighted by Crippen LogP contribution is -2.29. The molecule has 3 rings (SSSR count). The van der Waals surface area contributed by atoms with Gasteiger partial charge in [0.2, 0.25) is 0 Å². The van der Waals surface area contributed by atoms with E-state index in [1.54, 1.807) is 0 Å². The molecule has 1 aliphatic carbocycles. The third-order valence-electron chi connectivity index (χ3n) is 4.86. The fourth-order valence-electron chi connectivity index (χ4n) is 3.36. The molecule has 6 heteroatoms. The maximum atomic E-state index is 12.5. The van der Waals surface area contributed by atoms with Crippen LogP contribution < -0.4 is 16.0 Å². The number of carbonyl (C=O) groups excluding carboxylic acids is 1. The first-order valence-corrected chi connectivity index (χ1v) is 8.61. The highest BCUT2D eigenvalue weighted by atomic mass is 35.5. The number of hydrogen-bond acceptors (Lipinski definition) is 3. The van der Waals surface area contributed by atoms with E-state index in [9.17, 15) is 4.79 Å². The molecule has 2 aromatic carbocycles. The Morgan fingerprint density at radius 1 is 1.08 bits per heavy atom. The summed E-state index contributed by atoms with van der Waals surface area (Å²) in [6.07, 6.45) is 5.02. The molecular formula is C20H27Cl2N3O. The van der Waals surface area contributed by atoms with Crippen molar-refractivity contribution in [2.75, 3.05) is 17.3 Å². The minimum Gasteiger partial charge on any atom is -0.370 e. The molecule has 0 spiro atoms. The van der Waals surface area contributed by atoms with Gasteiger partial charge in [-0.3, -0.25) is 4.79 Å². The number of nitrogens with two attached hydrogens (primary N) is 1. The molecule has 26 heavy (non-hydrogen) atoms. The van der Waals surface area contributed by atoms with E-state index in [2.05, 4.69) is 23.3 Å². The van der Waals surface area contributed by atoms with E-state index in [0.29, 0.717) is 18.2 Å². The van der Waals surface area contributed by atoms with E-state index in [-0.39, 0.29) is 30.7 Å². The Balaban J connectivity index is 0.00000169. The van der Waals surface area contributed by atoms with Crippen molar-refractivity contribution in [3.63, 3.8) is 0 Å². The van der Waals surface area contributed by atoms with E-state index in [1.807, 2.05) is 42.5 Å². The monoisotopic (exact) mass is 395 g/mol. The summed E-state index contributed by atoms with van der Waals surface area (Å²) in [6, 6.07) is 16.0. The van der Waals surface area contributed by atoms with Crippen molar-refractivity contribution in [3.05, 3.63) is 59.7 Å². The van der Waals surface area contributed by atoms with Gasteiger partial charge in [0.25, 0.3) is 5.91 Å². The Bertz CT molecular complexity index is 700. The van der Waals surface area contributed by atoms with Crippen LogP contribution in [0.5, 0.6) is 0 Å². The molecule has 0 heterocycles. The van der Waals surface area contributed by atoms with Crippen LogP contribution in [-0.4, -0.2) is 19.0 Å². The zero-order valence-electron chi connectivity index (χ0n) is 15.0. The van der Waals surface area contributed by atoms with Crippen molar-refractivity contribution in [1.29, 1.82) is 0 Å². The van der Waals surface area contributed by atoms with E-state index >= 15 is 0 Å². The van der Waals surface area contributed by atoms with Gasteiger partial charge in [-0.05, 0) is 42.7 Å². The molecule has 3 N–H and O–H groups in total. The second-order valence-electron chi connectivity index (χ2n) is 6.42. The first-order valence-electron chi connectivity index (χ1n) is 8.61. The summed E-state index contributed by atoms with van der Waals surface area (Å²) >= 11 is 0. The number of anilines is 2. The zero-order valence-corrected chi connectivity index (χ0v) is 16.6. The molecule has 0 unspecified atom stereocenters. The molecule has 0 radical (unpaired) electrons. The van der Waals surface area contributed by atoms with Gasteiger partial charge in [0.1, 0.15) is 0 Å².